The van der Waals surface area contributed by atoms with Gasteiger partial charge in [-0.3, -0.25) is 9.88 Å². The van der Waals surface area contributed by atoms with Crippen molar-refractivity contribution in [2.24, 2.45) is 11.8 Å². The number of ether oxygens (including phenoxy) is 1. The fourth-order valence-electron chi connectivity index (χ4n) is 4.44. The summed E-state index contributed by atoms with van der Waals surface area (Å²) in [5, 5.41) is 12.1. The Morgan fingerprint density at radius 1 is 1.42 bits per heavy atom. The van der Waals surface area contributed by atoms with E-state index in [0.29, 0.717) is 11.8 Å². The van der Waals surface area contributed by atoms with Crippen LogP contribution in [0.25, 0.3) is 10.9 Å². The molecule has 2 bridgehead atoms. The van der Waals surface area contributed by atoms with Crippen molar-refractivity contribution < 1.29 is 9.84 Å². The fourth-order valence-corrected chi connectivity index (χ4v) is 4.44. The van der Waals surface area contributed by atoms with Crippen LogP contribution in [0.5, 0.6) is 5.75 Å². The fraction of sp³-hybridized carbons (Fsp3) is 0.450. The van der Waals surface area contributed by atoms with Gasteiger partial charge in [-0.1, -0.05) is 6.08 Å². The first kappa shape index (κ1) is 15.6. The number of nitrogens with zero attached hydrogens (tertiary/aromatic N) is 2. The number of rotatable bonds is 4. The van der Waals surface area contributed by atoms with Crippen LogP contribution in [0.3, 0.4) is 0 Å². The van der Waals surface area contributed by atoms with Gasteiger partial charge in [0.25, 0.3) is 0 Å². The van der Waals surface area contributed by atoms with Gasteiger partial charge in [0.1, 0.15) is 5.75 Å². The summed E-state index contributed by atoms with van der Waals surface area (Å²) in [6.07, 6.45) is 5.62. The van der Waals surface area contributed by atoms with Crippen LogP contribution in [-0.2, 0) is 0 Å². The Kier molecular flexibility index (Phi) is 4.02. The zero-order valence-electron chi connectivity index (χ0n) is 14.1. The molecule has 1 N–H and O–H groups in total. The molecule has 3 aliphatic heterocycles. The molecule has 0 spiro atoms. The lowest BCUT2D eigenvalue weighted by molar-refractivity contribution is -0.0444. The van der Waals surface area contributed by atoms with Crippen LogP contribution in [0, 0.1) is 11.8 Å². The molecule has 1 aromatic carbocycles. The predicted octanol–water partition coefficient (Wildman–Crippen LogP) is 3.17. The van der Waals surface area contributed by atoms with E-state index in [1.165, 1.54) is 6.42 Å². The number of hydrogen-bond donors (Lipinski definition) is 1. The standard InChI is InChI=1S/C20H24N2O2/c1-3-13-12-22-9-7-14(13)10-19(22)20(23)16-6-8-21-18-5-4-15(24-2)11-17(16)18/h3-6,8,11,13-14,19-20,23H,1,7,9-10,12H2,2H3/t13-,14-,19?,20-/m0/s1. The van der Waals surface area contributed by atoms with E-state index in [4.69, 9.17) is 4.74 Å². The van der Waals surface area contributed by atoms with Gasteiger partial charge < -0.3 is 9.84 Å². The van der Waals surface area contributed by atoms with Crippen molar-refractivity contribution in [2.75, 3.05) is 20.2 Å². The SMILES string of the molecule is C=C[C@H]1CN2CC[C@H]1CC2[C@@H](O)c1ccnc2ccc(OC)cc12. The summed E-state index contributed by atoms with van der Waals surface area (Å²) in [7, 11) is 1.66. The second-order valence-corrected chi connectivity index (χ2v) is 6.97. The third-order valence-electron chi connectivity index (χ3n) is 5.82. The number of aromatic nitrogens is 1. The summed E-state index contributed by atoms with van der Waals surface area (Å²) < 4.78 is 5.35. The molecule has 5 atom stereocenters. The molecule has 0 radical (unpaired) electrons. The molecule has 3 saturated heterocycles. The minimum atomic E-state index is -0.504. The Morgan fingerprint density at radius 2 is 2.29 bits per heavy atom. The molecular formula is C20H24N2O2. The predicted molar refractivity (Wildman–Crippen MR) is 95.0 cm³/mol. The van der Waals surface area contributed by atoms with E-state index in [9.17, 15) is 5.11 Å². The first-order valence-electron chi connectivity index (χ1n) is 8.68. The minimum Gasteiger partial charge on any atom is -0.497 e. The molecule has 4 heteroatoms. The van der Waals surface area contributed by atoms with Crippen molar-refractivity contribution in [1.29, 1.82) is 0 Å². The summed E-state index contributed by atoms with van der Waals surface area (Å²) in [5.74, 6) is 2.01. The summed E-state index contributed by atoms with van der Waals surface area (Å²) in [4.78, 5) is 6.86. The van der Waals surface area contributed by atoms with E-state index in [0.717, 1.165) is 41.7 Å². The van der Waals surface area contributed by atoms with Crippen LogP contribution in [-0.4, -0.2) is 41.2 Å². The largest absolute Gasteiger partial charge is 0.497 e. The molecule has 24 heavy (non-hydrogen) atoms. The molecule has 4 nitrogen and oxygen atoms in total. The number of aliphatic hydroxyl groups is 1. The minimum absolute atomic E-state index is 0.178. The molecule has 2 unspecified atom stereocenters. The van der Waals surface area contributed by atoms with Crippen LogP contribution >= 0.6 is 0 Å². The molecule has 1 aromatic heterocycles. The molecule has 4 heterocycles. The van der Waals surface area contributed by atoms with E-state index in [2.05, 4.69) is 22.5 Å². The average molecular weight is 324 g/mol. The van der Waals surface area contributed by atoms with Crippen molar-refractivity contribution >= 4 is 10.9 Å². The number of piperidine rings is 3. The first-order valence-corrected chi connectivity index (χ1v) is 8.68. The second-order valence-electron chi connectivity index (χ2n) is 6.97. The number of fused-ring (bicyclic) bond motifs is 4. The highest BCUT2D eigenvalue weighted by Gasteiger charge is 2.42. The normalized spacial score (nSPS) is 30.2. The summed E-state index contributed by atoms with van der Waals surface area (Å²) >= 11 is 0. The first-order chi connectivity index (χ1) is 11.7. The Morgan fingerprint density at radius 3 is 3.00 bits per heavy atom. The molecule has 0 amide bonds. The van der Waals surface area contributed by atoms with Crippen LogP contribution in [0.15, 0.2) is 43.1 Å². The van der Waals surface area contributed by atoms with Crippen molar-refractivity contribution in [3.63, 3.8) is 0 Å². The van der Waals surface area contributed by atoms with Gasteiger partial charge in [0.15, 0.2) is 0 Å². The lowest BCUT2D eigenvalue weighted by atomic mass is 9.73. The monoisotopic (exact) mass is 324 g/mol. The van der Waals surface area contributed by atoms with Gasteiger partial charge in [-0.2, -0.15) is 0 Å². The molecule has 3 fully saturated rings. The van der Waals surface area contributed by atoms with Gasteiger partial charge in [-0.15, -0.1) is 6.58 Å². The molecule has 2 aromatic rings. The average Bonchev–Trinajstić information content (AvgIpc) is 2.66. The Bertz CT molecular complexity index is 760. The van der Waals surface area contributed by atoms with Gasteiger partial charge in [0.05, 0.1) is 18.7 Å². The summed E-state index contributed by atoms with van der Waals surface area (Å²) in [6.45, 7) is 6.07. The third kappa shape index (κ3) is 2.50. The molecule has 126 valence electrons. The highest BCUT2D eigenvalue weighted by Crippen LogP contribution is 2.42. The molecule has 5 rings (SSSR count). The number of hydrogen-bond acceptors (Lipinski definition) is 4. The van der Waals surface area contributed by atoms with Crippen molar-refractivity contribution in [3.05, 3.63) is 48.7 Å². The number of aliphatic hydroxyl groups excluding tert-OH is 1. The van der Waals surface area contributed by atoms with Gasteiger partial charge in [-0.05, 0) is 61.1 Å². The van der Waals surface area contributed by atoms with Crippen molar-refractivity contribution in [2.45, 2.75) is 25.0 Å². The van der Waals surface area contributed by atoms with E-state index < -0.39 is 6.10 Å². The molecule has 0 aliphatic carbocycles. The quantitative estimate of drug-likeness (QED) is 0.878. The van der Waals surface area contributed by atoms with Gasteiger partial charge in [-0.25, -0.2) is 0 Å². The van der Waals surface area contributed by atoms with E-state index in [-0.39, 0.29) is 6.04 Å². The topological polar surface area (TPSA) is 45.6 Å². The van der Waals surface area contributed by atoms with Crippen molar-refractivity contribution in [3.8, 4) is 5.75 Å². The van der Waals surface area contributed by atoms with Crippen LogP contribution in [0.1, 0.15) is 24.5 Å². The zero-order valence-corrected chi connectivity index (χ0v) is 14.1. The number of pyridine rings is 1. The van der Waals surface area contributed by atoms with Gasteiger partial charge >= 0.3 is 0 Å². The Labute approximate surface area is 142 Å². The smallest absolute Gasteiger partial charge is 0.119 e. The molecule has 0 saturated carbocycles. The summed E-state index contributed by atoms with van der Waals surface area (Å²) in [5.41, 5.74) is 1.85. The van der Waals surface area contributed by atoms with Crippen LogP contribution in [0.2, 0.25) is 0 Å². The van der Waals surface area contributed by atoms with E-state index in [1.54, 1.807) is 13.3 Å². The van der Waals surface area contributed by atoms with Gasteiger partial charge in [0, 0.05) is 24.2 Å². The lowest BCUT2D eigenvalue weighted by Gasteiger charge is -2.50. The zero-order chi connectivity index (χ0) is 16.7. The lowest BCUT2D eigenvalue weighted by Crippen LogP contribution is -2.54. The molecule has 3 aliphatic rings. The summed E-state index contributed by atoms with van der Waals surface area (Å²) in [6, 6.07) is 7.96. The maximum Gasteiger partial charge on any atom is 0.119 e. The van der Waals surface area contributed by atoms with Crippen molar-refractivity contribution in [1.82, 2.24) is 9.88 Å². The van der Waals surface area contributed by atoms with E-state index >= 15 is 0 Å². The highest BCUT2D eigenvalue weighted by molar-refractivity contribution is 5.83. The van der Waals surface area contributed by atoms with Crippen LogP contribution in [0.4, 0.5) is 0 Å². The second kappa shape index (κ2) is 6.19. The highest BCUT2D eigenvalue weighted by atomic mass is 16.5. The number of methoxy groups -OCH3 is 1. The Balaban J connectivity index is 1.69. The van der Waals surface area contributed by atoms with Gasteiger partial charge in [0.2, 0.25) is 0 Å². The maximum atomic E-state index is 11.2. The molecular weight excluding hydrogens is 300 g/mol. The third-order valence-corrected chi connectivity index (χ3v) is 5.82. The maximum absolute atomic E-state index is 11.2. The number of benzene rings is 1. The van der Waals surface area contributed by atoms with Crippen LogP contribution < -0.4 is 4.74 Å². The Hall–Kier alpha value is -1.91. The van der Waals surface area contributed by atoms with E-state index in [1.807, 2.05) is 24.3 Å².